The Morgan fingerprint density at radius 3 is 2.31 bits per heavy atom. The van der Waals surface area contributed by atoms with Gasteiger partial charge in [-0.15, -0.1) is 0 Å². The number of carbonyl (C=O) groups excluding carboxylic acids is 1. The fourth-order valence-corrected chi connectivity index (χ4v) is 0.721. The van der Waals surface area contributed by atoms with Crippen LogP contribution in [-0.4, -0.2) is 49.4 Å². The van der Waals surface area contributed by atoms with Gasteiger partial charge in [-0.2, -0.15) is 0 Å². The van der Waals surface area contributed by atoms with Gasteiger partial charge in [-0.25, -0.2) is 0 Å². The Balaban J connectivity index is 4.03. The van der Waals surface area contributed by atoms with Crippen LogP contribution in [0, 0.1) is 11.8 Å². The van der Waals surface area contributed by atoms with Gasteiger partial charge >= 0.3 is 0 Å². The van der Waals surface area contributed by atoms with Crippen LogP contribution in [0.3, 0.4) is 0 Å². The third-order valence-electron chi connectivity index (χ3n) is 1.78. The second-order valence-electron chi connectivity index (χ2n) is 3.36. The van der Waals surface area contributed by atoms with Crippen LogP contribution in [0.1, 0.15) is 13.8 Å². The summed E-state index contributed by atoms with van der Waals surface area (Å²) in [5, 5.41) is 0. The Labute approximate surface area is 80.7 Å². The third kappa shape index (κ3) is 5.26. The summed E-state index contributed by atoms with van der Waals surface area (Å²) in [4.78, 5) is 14.6. The van der Waals surface area contributed by atoms with E-state index in [-0.39, 0.29) is 11.9 Å². The minimum atomic E-state index is -0.00236. The molecule has 1 atom stereocenters. The molecule has 0 aromatic rings. The molecule has 1 amide bonds. The topological polar surface area (TPSA) is 23.6 Å². The summed E-state index contributed by atoms with van der Waals surface area (Å²) < 4.78 is 0. The van der Waals surface area contributed by atoms with Crippen molar-refractivity contribution in [2.45, 2.75) is 19.9 Å². The molecule has 0 saturated heterocycles. The van der Waals surface area contributed by atoms with E-state index in [9.17, 15) is 4.79 Å². The molecule has 13 heavy (non-hydrogen) atoms. The molecule has 0 heterocycles. The molecule has 0 unspecified atom stereocenters. The monoisotopic (exact) mass is 182 g/mol. The summed E-state index contributed by atoms with van der Waals surface area (Å²) in [6, 6.07) is -0.00236. The highest BCUT2D eigenvalue weighted by molar-refractivity contribution is 5.73. The molecule has 0 N–H and O–H groups in total. The molecule has 3 nitrogen and oxygen atoms in total. The van der Waals surface area contributed by atoms with Gasteiger partial charge in [0.15, 0.2) is 0 Å². The molecule has 0 fully saturated rings. The van der Waals surface area contributed by atoms with Crippen molar-refractivity contribution in [1.29, 1.82) is 0 Å². The van der Waals surface area contributed by atoms with E-state index in [1.807, 2.05) is 25.9 Å². The minimum absolute atomic E-state index is 0.00236. The van der Waals surface area contributed by atoms with Gasteiger partial charge in [0.25, 0.3) is 0 Å². The van der Waals surface area contributed by atoms with Crippen LogP contribution < -0.4 is 0 Å². The Morgan fingerprint density at radius 2 is 1.92 bits per heavy atom. The zero-order chi connectivity index (χ0) is 10.4. The summed E-state index contributed by atoms with van der Waals surface area (Å²) in [6.45, 7) is 4.20. The van der Waals surface area contributed by atoms with Crippen LogP contribution in [-0.2, 0) is 4.79 Å². The zero-order valence-electron chi connectivity index (χ0n) is 9.09. The summed E-state index contributed by atoms with van der Waals surface area (Å²) in [5.41, 5.74) is 0. The molecule has 74 valence electrons. The molecule has 0 bridgehead atoms. The van der Waals surface area contributed by atoms with Crippen LogP contribution >= 0.6 is 0 Å². The van der Waals surface area contributed by atoms with E-state index in [0.717, 1.165) is 6.54 Å². The van der Waals surface area contributed by atoms with Crippen LogP contribution in [0.15, 0.2) is 0 Å². The first-order chi connectivity index (χ1) is 5.95. The fraction of sp³-hybridized carbons (Fsp3) is 0.700. The first-order valence-corrected chi connectivity index (χ1v) is 4.31. The van der Waals surface area contributed by atoms with Gasteiger partial charge < -0.3 is 4.90 Å². The number of rotatable bonds is 2. The van der Waals surface area contributed by atoms with Gasteiger partial charge in [0.2, 0.25) is 5.91 Å². The van der Waals surface area contributed by atoms with E-state index in [4.69, 9.17) is 0 Å². The lowest BCUT2D eigenvalue weighted by Crippen LogP contribution is -2.32. The molecule has 0 aliphatic heterocycles. The average molecular weight is 182 g/mol. The molecular weight excluding hydrogens is 164 g/mol. The van der Waals surface area contributed by atoms with Crippen molar-refractivity contribution < 1.29 is 4.79 Å². The first-order valence-electron chi connectivity index (χ1n) is 4.31. The van der Waals surface area contributed by atoms with E-state index >= 15 is 0 Å². The van der Waals surface area contributed by atoms with Crippen molar-refractivity contribution in [3.05, 3.63) is 0 Å². The van der Waals surface area contributed by atoms with E-state index < -0.39 is 0 Å². The third-order valence-corrected chi connectivity index (χ3v) is 1.78. The van der Waals surface area contributed by atoms with Crippen LogP contribution in [0.4, 0.5) is 0 Å². The highest BCUT2D eigenvalue weighted by Gasteiger charge is 2.07. The van der Waals surface area contributed by atoms with Gasteiger partial charge in [0, 0.05) is 14.0 Å². The van der Waals surface area contributed by atoms with Crippen molar-refractivity contribution >= 4 is 5.91 Å². The Bertz CT molecular complexity index is 225. The van der Waals surface area contributed by atoms with Crippen LogP contribution in [0.5, 0.6) is 0 Å². The summed E-state index contributed by atoms with van der Waals surface area (Å²) in [6.07, 6.45) is 0. The number of amides is 1. The van der Waals surface area contributed by atoms with Crippen LogP contribution in [0.2, 0.25) is 0 Å². The van der Waals surface area contributed by atoms with Gasteiger partial charge in [-0.05, 0) is 21.0 Å². The molecule has 0 aliphatic carbocycles. The zero-order valence-corrected chi connectivity index (χ0v) is 9.09. The van der Waals surface area contributed by atoms with E-state index in [1.54, 1.807) is 18.9 Å². The number of hydrogen-bond donors (Lipinski definition) is 0. The maximum absolute atomic E-state index is 10.9. The van der Waals surface area contributed by atoms with Crippen molar-refractivity contribution in [2.75, 3.05) is 27.7 Å². The maximum atomic E-state index is 10.9. The molecule has 0 aromatic carbocycles. The average Bonchev–Trinajstić information content (AvgIpc) is 2.02. The molecule has 0 aromatic heterocycles. The Morgan fingerprint density at radius 1 is 1.38 bits per heavy atom. The summed E-state index contributed by atoms with van der Waals surface area (Å²) >= 11 is 0. The predicted octanol–water partition coefficient (Wildman–Crippen LogP) is 0.418. The standard InChI is InChI=1S/C10H18N2O/c1-9(12(5)10(2)13)7-6-8-11(3)4/h9H,8H2,1-5H3/t9-/m1/s1. The number of hydrogen-bond acceptors (Lipinski definition) is 2. The predicted molar refractivity (Wildman–Crippen MR) is 54.2 cm³/mol. The number of nitrogens with zero attached hydrogens (tertiary/aromatic N) is 2. The maximum Gasteiger partial charge on any atom is 0.220 e. The lowest BCUT2D eigenvalue weighted by molar-refractivity contribution is -0.128. The molecule has 0 aliphatic rings. The van der Waals surface area contributed by atoms with Crippen molar-refractivity contribution in [3.8, 4) is 11.8 Å². The quantitative estimate of drug-likeness (QED) is 0.578. The van der Waals surface area contributed by atoms with Crippen molar-refractivity contribution in [1.82, 2.24) is 9.80 Å². The molecule has 0 rings (SSSR count). The van der Waals surface area contributed by atoms with Gasteiger partial charge in [-0.3, -0.25) is 9.69 Å². The molecular formula is C10H18N2O. The van der Waals surface area contributed by atoms with E-state index in [1.165, 1.54) is 0 Å². The normalized spacial score (nSPS) is 11.8. The number of carbonyl (C=O) groups is 1. The highest BCUT2D eigenvalue weighted by Crippen LogP contribution is 1.93. The smallest absolute Gasteiger partial charge is 0.220 e. The Hall–Kier alpha value is -1.01. The van der Waals surface area contributed by atoms with Gasteiger partial charge in [0.05, 0.1) is 12.6 Å². The lowest BCUT2D eigenvalue weighted by atomic mass is 10.3. The first kappa shape index (κ1) is 12.0. The minimum Gasteiger partial charge on any atom is -0.332 e. The van der Waals surface area contributed by atoms with E-state index in [2.05, 4.69) is 11.8 Å². The lowest BCUT2D eigenvalue weighted by Gasteiger charge is -2.18. The van der Waals surface area contributed by atoms with Crippen molar-refractivity contribution in [2.24, 2.45) is 0 Å². The second kappa shape index (κ2) is 5.60. The molecule has 0 spiro atoms. The fourth-order valence-electron chi connectivity index (χ4n) is 0.721. The summed E-state index contributed by atoms with van der Waals surface area (Å²) in [5.74, 6) is 6.06. The Kier molecular flexibility index (Phi) is 5.17. The van der Waals surface area contributed by atoms with Crippen molar-refractivity contribution in [3.63, 3.8) is 0 Å². The van der Waals surface area contributed by atoms with Crippen LogP contribution in [0.25, 0.3) is 0 Å². The molecule has 0 saturated carbocycles. The van der Waals surface area contributed by atoms with Gasteiger partial charge in [0.1, 0.15) is 0 Å². The van der Waals surface area contributed by atoms with E-state index in [0.29, 0.717) is 0 Å². The molecule has 3 heteroatoms. The largest absolute Gasteiger partial charge is 0.332 e. The van der Waals surface area contributed by atoms with Gasteiger partial charge in [-0.1, -0.05) is 11.8 Å². The summed E-state index contributed by atoms with van der Waals surface area (Å²) in [7, 11) is 5.69. The molecule has 0 radical (unpaired) electrons. The second-order valence-corrected chi connectivity index (χ2v) is 3.36. The highest BCUT2D eigenvalue weighted by atomic mass is 16.2. The SMILES string of the molecule is CC(=O)N(C)[C@H](C)C#CCN(C)C.